The molecule has 4 aliphatic rings. The molecule has 53 heavy (non-hydrogen) atoms. The lowest BCUT2D eigenvalue weighted by Gasteiger charge is -2.47. The summed E-state index contributed by atoms with van der Waals surface area (Å²) in [5.41, 5.74) is -3.70. The molecule has 0 radical (unpaired) electrons. The average molecular weight is 762 g/mol. The van der Waals surface area contributed by atoms with Crippen molar-refractivity contribution in [1.82, 2.24) is 4.90 Å². The van der Waals surface area contributed by atoms with Crippen LogP contribution in [0.5, 0.6) is 0 Å². The summed E-state index contributed by atoms with van der Waals surface area (Å²) in [6, 6.07) is -0.170. The van der Waals surface area contributed by atoms with Gasteiger partial charge in [0.1, 0.15) is 23.9 Å². The second-order valence-electron chi connectivity index (χ2n) is 17.2. The van der Waals surface area contributed by atoms with Gasteiger partial charge in [0.25, 0.3) is 0 Å². The Bertz CT molecular complexity index is 1170. The zero-order valence-corrected chi connectivity index (χ0v) is 34.2. The van der Waals surface area contributed by atoms with E-state index in [-0.39, 0.29) is 24.8 Å². The van der Waals surface area contributed by atoms with Crippen molar-refractivity contribution in [2.45, 2.75) is 186 Å². The van der Waals surface area contributed by atoms with E-state index in [1.54, 1.807) is 34.6 Å². The molecule has 0 saturated carbocycles. The minimum Gasteiger partial charge on any atom is -0.459 e. The Balaban J connectivity index is 1.72. The van der Waals surface area contributed by atoms with E-state index in [2.05, 4.69) is 11.8 Å². The molecular weight excluding hydrogens is 690 g/mol. The van der Waals surface area contributed by atoms with Crippen LogP contribution in [-0.4, -0.2) is 149 Å². The van der Waals surface area contributed by atoms with E-state index in [1.165, 1.54) is 14.0 Å². The number of hydrogen-bond donors (Lipinski definition) is 4. The van der Waals surface area contributed by atoms with Gasteiger partial charge in [-0.3, -0.25) is 9.69 Å². The van der Waals surface area contributed by atoms with Gasteiger partial charge in [-0.15, -0.1) is 0 Å². The zero-order chi connectivity index (χ0) is 39.6. The van der Waals surface area contributed by atoms with Crippen molar-refractivity contribution in [2.24, 2.45) is 23.7 Å². The Morgan fingerprint density at radius 2 is 1.68 bits per heavy atom. The van der Waals surface area contributed by atoms with E-state index in [0.29, 0.717) is 39.1 Å². The molecule has 14 heteroatoms. The van der Waals surface area contributed by atoms with Crippen molar-refractivity contribution in [1.29, 1.82) is 0 Å². The summed E-state index contributed by atoms with van der Waals surface area (Å²) in [6.45, 7) is 22.7. The Hall–Kier alpha value is -1.01. The van der Waals surface area contributed by atoms with Gasteiger partial charge < -0.3 is 48.8 Å². The molecule has 0 amide bonds. The van der Waals surface area contributed by atoms with Crippen molar-refractivity contribution in [2.75, 3.05) is 33.4 Å². The number of carbonyl (C=O) groups excluding carboxylic acids is 1. The lowest BCUT2D eigenvalue weighted by molar-refractivity contribution is -0.390. The third-order valence-electron chi connectivity index (χ3n) is 12.8. The van der Waals surface area contributed by atoms with Gasteiger partial charge in [0.2, 0.25) is 0 Å². The third-order valence-corrected chi connectivity index (χ3v) is 12.8. The van der Waals surface area contributed by atoms with Crippen molar-refractivity contribution in [3.63, 3.8) is 0 Å². The summed E-state index contributed by atoms with van der Waals surface area (Å²) < 4.78 is 37.4. The fourth-order valence-corrected chi connectivity index (χ4v) is 9.42. The second-order valence-corrected chi connectivity index (χ2v) is 17.2. The molecule has 0 aromatic rings. The predicted molar refractivity (Wildman–Crippen MR) is 194 cm³/mol. The van der Waals surface area contributed by atoms with Crippen LogP contribution in [0.25, 0.3) is 0 Å². The van der Waals surface area contributed by atoms with Gasteiger partial charge in [0, 0.05) is 44.5 Å². The number of rotatable bonds is 13. The van der Waals surface area contributed by atoms with E-state index in [1.807, 2.05) is 27.7 Å². The smallest absolute Gasteiger partial charge is 0.311 e. The maximum absolute atomic E-state index is 14.3. The molecule has 4 rings (SSSR count). The monoisotopic (exact) mass is 761 g/mol. The Morgan fingerprint density at radius 3 is 2.26 bits per heavy atom. The van der Waals surface area contributed by atoms with E-state index < -0.39 is 102 Å². The van der Waals surface area contributed by atoms with Crippen LogP contribution < -0.4 is 0 Å². The topological polar surface area (TPSA) is 175 Å². The second kappa shape index (κ2) is 18.1. The standard InChI is InChI=1S/C39H71NO13/c1-13-29(42)39(11,45)35-23(4)31-21(2)19-38(10,51-31)34(53-52-22(3)18-28(26(7)41)40-14-16-47-17-15-40)24(5)32(25(6)36(44)50-35)49-30-20-37(9,46-12)33(43)27(8)48-30/h21-35,41-43,45H,13-20H2,1-12H3/t21?,22?,23-,24-,25+,26?,27?,28?,29+,30-,31?,32-,33-,34+,35+,37?,38+,39+/m0/s1. The van der Waals surface area contributed by atoms with Crippen molar-refractivity contribution in [3.05, 3.63) is 0 Å². The molecule has 0 spiro atoms. The van der Waals surface area contributed by atoms with Gasteiger partial charge in [-0.1, -0.05) is 27.7 Å². The number of aliphatic hydroxyl groups excluding tert-OH is 3. The summed E-state index contributed by atoms with van der Waals surface area (Å²) in [4.78, 5) is 29.2. The van der Waals surface area contributed by atoms with Gasteiger partial charge in [0.15, 0.2) is 6.29 Å². The zero-order valence-electron chi connectivity index (χ0n) is 34.2. The average Bonchev–Trinajstić information content (AvgIpc) is 3.43. The highest BCUT2D eigenvalue weighted by Gasteiger charge is 2.58. The van der Waals surface area contributed by atoms with Crippen LogP contribution in [0.4, 0.5) is 0 Å². The molecule has 4 aliphatic heterocycles. The Labute approximate surface area is 317 Å². The number of aliphatic hydroxyl groups is 4. The van der Waals surface area contributed by atoms with Gasteiger partial charge in [0.05, 0.1) is 67.0 Å². The normalized spacial score (nSPS) is 43.9. The summed E-state index contributed by atoms with van der Waals surface area (Å²) in [5.74, 6) is -2.64. The fourth-order valence-electron chi connectivity index (χ4n) is 9.42. The van der Waals surface area contributed by atoms with Gasteiger partial charge in [-0.05, 0) is 73.6 Å². The minimum absolute atomic E-state index is 0.0509. The highest BCUT2D eigenvalue weighted by molar-refractivity contribution is 5.73. The molecule has 0 aromatic carbocycles. The van der Waals surface area contributed by atoms with Crippen LogP contribution in [-0.2, 0) is 43.0 Å². The first-order chi connectivity index (χ1) is 24.7. The van der Waals surface area contributed by atoms with Crippen LogP contribution in [0.3, 0.4) is 0 Å². The summed E-state index contributed by atoms with van der Waals surface area (Å²) in [5, 5.41) is 44.4. The molecule has 2 bridgehead atoms. The Morgan fingerprint density at radius 1 is 1.04 bits per heavy atom. The largest absolute Gasteiger partial charge is 0.459 e. The number of hydrogen-bond acceptors (Lipinski definition) is 14. The van der Waals surface area contributed by atoms with Crippen molar-refractivity contribution < 1.29 is 63.4 Å². The number of fused-ring (bicyclic) bond motifs is 2. The van der Waals surface area contributed by atoms with Gasteiger partial charge >= 0.3 is 5.97 Å². The number of cyclic esters (lactones) is 1. The molecule has 0 aromatic heterocycles. The van der Waals surface area contributed by atoms with Crippen LogP contribution in [0.1, 0.15) is 102 Å². The number of nitrogens with zero attached hydrogens (tertiary/aromatic N) is 1. The quantitative estimate of drug-likeness (QED) is 0.123. The van der Waals surface area contributed by atoms with Crippen LogP contribution in [0.2, 0.25) is 0 Å². The molecule has 7 unspecified atom stereocenters. The predicted octanol–water partition coefficient (Wildman–Crippen LogP) is 2.99. The van der Waals surface area contributed by atoms with Crippen molar-refractivity contribution in [3.8, 4) is 0 Å². The van der Waals surface area contributed by atoms with E-state index in [9.17, 15) is 25.2 Å². The van der Waals surface area contributed by atoms with Gasteiger partial charge in [-0.2, -0.15) is 0 Å². The lowest BCUT2D eigenvalue weighted by Crippen LogP contribution is -2.58. The first-order valence-electron chi connectivity index (χ1n) is 19.9. The molecule has 4 fully saturated rings. The third kappa shape index (κ3) is 9.76. The molecule has 4 saturated heterocycles. The van der Waals surface area contributed by atoms with E-state index in [4.69, 9.17) is 38.2 Å². The number of esters is 1. The number of carbonyl (C=O) groups is 1. The maximum Gasteiger partial charge on any atom is 0.311 e. The number of ether oxygens (including phenoxy) is 6. The first kappa shape index (κ1) is 44.7. The number of morpholine rings is 1. The molecule has 14 nitrogen and oxygen atoms in total. The highest BCUT2D eigenvalue weighted by Crippen LogP contribution is 2.48. The van der Waals surface area contributed by atoms with Crippen LogP contribution in [0.15, 0.2) is 0 Å². The Kier molecular flexibility index (Phi) is 15.2. The highest BCUT2D eigenvalue weighted by atomic mass is 17.2. The number of methoxy groups -OCH3 is 1. The van der Waals surface area contributed by atoms with Crippen molar-refractivity contribution >= 4 is 5.97 Å². The maximum atomic E-state index is 14.3. The summed E-state index contributed by atoms with van der Waals surface area (Å²) >= 11 is 0. The molecule has 4 N–H and O–H groups in total. The van der Waals surface area contributed by atoms with E-state index in [0.717, 1.165) is 0 Å². The summed E-state index contributed by atoms with van der Waals surface area (Å²) in [6.07, 6.45) is -6.34. The van der Waals surface area contributed by atoms with Crippen LogP contribution >= 0.6 is 0 Å². The van der Waals surface area contributed by atoms with Gasteiger partial charge in [-0.25, -0.2) is 9.78 Å². The minimum atomic E-state index is -1.78. The molecular formula is C39H71NO13. The summed E-state index contributed by atoms with van der Waals surface area (Å²) in [7, 11) is 1.53. The van der Waals surface area contributed by atoms with E-state index >= 15 is 0 Å². The SMILES string of the molecule is CC[C@@H](O)[C@@](C)(O)[C@@H]1OC(=O)[C@H](C)[C@@H](O[C@H]2CC(C)(OC)[C@@H](O)C(C)O2)[C@H](C)[C@@H](OOC(C)CC(C(C)O)N2CCOCC2)[C@@]2(C)CC(C)C(O2)[C@@H]1C. The molecule has 310 valence electrons. The molecule has 18 atom stereocenters. The fraction of sp³-hybridized carbons (Fsp3) is 0.974. The molecule has 4 heterocycles. The van der Waals surface area contributed by atoms with Crippen LogP contribution in [0, 0.1) is 23.7 Å². The molecule has 0 aliphatic carbocycles. The first-order valence-corrected chi connectivity index (χ1v) is 19.9. The lowest BCUT2D eigenvalue weighted by atomic mass is 9.76.